The number of nitro groups is 1. The number of carbonyl (C=O) groups is 1. The summed E-state index contributed by atoms with van der Waals surface area (Å²) in [5.74, 6) is -0.0607. The van der Waals surface area contributed by atoms with Crippen LogP contribution < -0.4 is 15.4 Å². The molecular formula is C27H22F3N5O5. The predicted molar refractivity (Wildman–Crippen MR) is 137 cm³/mol. The van der Waals surface area contributed by atoms with Gasteiger partial charge >= 0.3 is 6.18 Å². The van der Waals surface area contributed by atoms with E-state index in [1.54, 1.807) is 18.2 Å². The molecule has 3 heterocycles. The van der Waals surface area contributed by atoms with E-state index in [9.17, 15) is 28.1 Å². The summed E-state index contributed by atoms with van der Waals surface area (Å²) in [7, 11) is 0. The molecule has 10 nitrogen and oxygen atoms in total. The minimum atomic E-state index is -4.63. The van der Waals surface area contributed by atoms with Gasteiger partial charge in [0.1, 0.15) is 28.6 Å². The van der Waals surface area contributed by atoms with Crippen molar-refractivity contribution < 1.29 is 32.0 Å². The number of halogens is 3. The van der Waals surface area contributed by atoms with Crippen molar-refractivity contribution in [2.24, 2.45) is 0 Å². The van der Waals surface area contributed by atoms with Crippen molar-refractivity contribution in [1.29, 1.82) is 0 Å². The van der Waals surface area contributed by atoms with Crippen LogP contribution in [0.25, 0.3) is 0 Å². The Labute approximate surface area is 224 Å². The second-order valence-corrected chi connectivity index (χ2v) is 9.67. The summed E-state index contributed by atoms with van der Waals surface area (Å²) in [6.07, 6.45) is 0.312. The lowest BCUT2D eigenvalue weighted by atomic mass is 10.0. The average molecular weight is 553 g/mol. The summed E-state index contributed by atoms with van der Waals surface area (Å²) < 4.78 is 53.7. The summed E-state index contributed by atoms with van der Waals surface area (Å²) in [5, 5.41) is 20.9. The van der Waals surface area contributed by atoms with Gasteiger partial charge in [0.15, 0.2) is 6.04 Å². The zero-order valence-electron chi connectivity index (χ0n) is 20.8. The van der Waals surface area contributed by atoms with Crippen LogP contribution in [0.5, 0.6) is 11.5 Å². The number of nitrogens with zero attached hydrogens (tertiary/aromatic N) is 3. The van der Waals surface area contributed by atoms with Gasteiger partial charge in [0.25, 0.3) is 11.6 Å². The highest BCUT2D eigenvalue weighted by atomic mass is 19.4. The lowest BCUT2D eigenvalue weighted by molar-refractivity contribution is -0.384. The molecule has 1 aliphatic carbocycles. The van der Waals surface area contributed by atoms with E-state index in [1.165, 1.54) is 24.0 Å². The second-order valence-electron chi connectivity index (χ2n) is 9.67. The first-order valence-corrected chi connectivity index (χ1v) is 12.5. The molecule has 13 heteroatoms. The van der Waals surface area contributed by atoms with Gasteiger partial charge in [0.2, 0.25) is 0 Å². The van der Waals surface area contributed by atoms with Crippen LogP contribution in [-0.4, -0.2) is 26.8 Å². The van der Waals surface area contributed by atoms with Crippen LogP contribution in [0.15, 0.2) is 65.4 Å². The number of furan rings is 1. The maximum absolute atomic E-state index is 13.9. The monoisotopic (exact) mass is 553 g/mol. The van der Waals surface area contributed by atoms with Gasteiger partial charge in [-0.2, -0.15) is 18.3 Å². The van der Waals surface area contributed by atoms with Gasteiger partial charge in [-0.1, -0.05) is 6.07 Å². The molecule has 2 aromatic heterocycles. The van der Waals surface area contributed by atoms with Crippen LogP contribution in [0.2, 0.25) is 0 Å². The fraction of sp³-hybridized carbons (Fsp3) is 0.259. The van der Waals surface area contributed by atoms with Gasteiger partial charge in [-0.15, -0.1) is 0 Å². The van der Waals surface area contributed by atoms with Gasteiger partial charge in [0, 0.05) is 18.6 Å². The van der Waals surface area contributed by atoms with Crippen LogP contribution in [0, 0.1) is 10.1 Å². The van der Waals surface area contributed by atoms with Crippen LogP contribution >= 0.6 is 0 Å². The number of fused-ring (bicyclic) bond motifs is 2. The summed E-state index contributed by atoms with van der Waals surface area (Å²) in [6.45, 7) is 0. The Bertz CT molecular complexity index is 1600. The van der Waals surface area contributed by atoms with Crippen LogP contribution in [0.1, 0.15) is 52.2 Å². The first-order chi connectivity index (χ1) is 19.2. The zero-order valence-corrected chi connectivity index (χ0v) is 20.8. The fourth-order valence-electron chi connectivity index (χ4n) is 5.17. The molecule has 4 aromatic rings. The van der Waals surface area contributed by atoms with Gasteiger partial charge in [-0.05, 0) is 54.7 Å². The molecule has 0 unspecified atom stereocenters. The van der Waals surface area contributed by atoms with E-state index in [0.717, 1.165) is 41.8 Å². The number of carbonyl (C=O) groups excluding carboxylic acids is 1. The summed E-state index contributed by atoms with van der Waals surface area (Å²) in [6, 6.07) is 9.65. The fourth-order valence-corrected chi connectivity index (χ4v) is 5.17. The van der Waals surface area contributed by atoms with E-state index in [0.29, 0.717) is 5.75 Å². The van der Waals surface area contributed by atoms with E-state index in [4.69, 9.17) is 9.15 Å². The number of ether oxygens (including phenoxy) is 1. The Balaban J connectivity index is 1.29. The molecule has 6 rings (SSSR count). The Morgan fingerprint density at radius 1 is 1.15 bits per heavy atom. The predicted octanol–water partition coefficient (Wildman–Crippen LogP) is 6.58. The minimum absolute atomic E-state index is 0.0288. The van der Waals surface area contributed by atoms with Crippen molar-refractivity contribution >= 4 is 23.1 Å². The quantitative estimate of drug-likeness (QED) is 0.204. The normalized spacial score (nSPS) is 18.0. The number of non-ortho nitro benzene ring substituents is 1. The van der Waals surface area contributed by atoms with Crippen LogP contribution in [-0.2, 0) is 12.8 Å². The number of aryl methyl sites for hydroxylation is 2. The number of alkyl halides is 3. The molecule has 2 aliphatic rings. The summed E-state index contributed by atoms with van der Waals surface area (Å²) in [4.78, 5) is 24.2. The highest BCUT2D eigenvalue weighted by Crippen LogP contribution is 2.44. The molecule has 206 valence electrons. The van der Waals surface area contributed by atoms with Crippen molar-refractivity contribution in [2.45, 2.75) is 43.9 Å². The summed E-state index contributed by atoms with van der Waals surface area (Å²) >= 11 is 0. The number of rotatable bonds is 6. The average Bonchev–Trinajstić information content (AvgIpc) is 3.68. The molecule has 0 saturated carbocycles. The molecule has 0 spiro atoms. The molecule has 0 saturated heterocycles. The van der Waals surface area contributed by atoms with Crippen molar-refractivity contribution in [3.05, 3.63) is 93.6 Å². The molecule has 0 fully saturated rings. The third kappa shape index (κ3) is 4.85. The molecule has 40 heavy (non-hydrogen) atoms. The second kappa shape index (κ2) is 9.74. The summed E-state index contributed by atoms with van der Waals surface area (Å²) in [5.41, 5.74) is 1.91. The van der Waals surface area contributed by atoms with E-state index in [1.807, 2.05) is 12.1 Å². The first-order valence-electron chi connectivity index (χ1n) is 12.5. The largest absolute Gasteiger partial charge is 0.467 e. The number of hydrogen-bond acceptors (Lipinski definition) is 7. The third-order valence-corrected chi connectivity index (χ3v) is 7.04. The van der Waals surface area contributed by atoms with Gasteiger partial charge in [0.05, 0.1) is 35.2 Å². The number of nitrogens with one attached hydrogen (secondary N) is 2. The molecular weight excluding hydrogens is 531 g/mol. The van der Waals surface area contributed by atoms with Crippen LogP contribution in [0.3, 0.4) is 0 Å². The first kappa shape index (κ1) is 25.5. The Kier molecular flexibility index (Phi) is 6.20. The lowest BCUT2D eigenvalue weighted by Crippen LogP contribution is -2.36. The van der Waals surface area contributed by atoms with E-state index < -0.39 is 29.1 Å². The highest BCUT2D eigenvalue weighted by molar-refractivity contribution is 6.07. The zero-order chi connectivity index (χ0) is 28.0. The number of aromatic nitrogens is 2. The number of benzene rings is 2. The molecule has 0 bridgehead atoms. The van der Waals surface area contributed by atoms with Gasteiger partial charge in [-0.3, -0.25) is 14.9 Å². The minimum Gasteiger partial charge on any atom is -0.467 e. The number of nitro benzene ring substituents is 1. The Hall–Kier alpha value is -4.81. The molecule has 0 radical (unpaired) electrons. The van der Waals surface area contributed by atoms with Crippen LogP contribution in [0.4, 0.5) is 30.4 Å². The topological polar surface area (TPSA) is 124 Å². The SMILES string of the molecule is O=C(Nc1cc(Oc2ccc3c(c2)CCC3)cc([N+](=O)[O-])c1)c1cnn2c1N[C@H](c1ccco1)C[C@@H]2C(F)(F)F. The highest BCUT2D eigenvalue weighted by Gasteiger charge is 2.47. The number of amides is 1. The smallest absolute Gasteiger partial charge is 0.410 e. The van der Waals surface area contributed by atoms with E-state index in [-0.39, 0.29) is 40.7 Å². The molecule has 2 aromatic carbocycles. The third-order valence-electron chi connectivity index (χ3n) is 7.04. The van der Waals surface area contributed by atoms with E-state index >= 15 is 0 Å². The van der Waals surface area contributed by atoms with Gasteiger partial charge < -0.3 is 19.8 Å². The Morgan fingerprint density at radius 2 is 1.98 bits per heavy atom. The maximum Gasteiger partial charge on any atom is 0.410 e. The van der Waals surface area contributed by atoms with Crippen molar-refractivity contribution in [3.8, 4) is 11.5 Å². The molecule has 2 N–H and O–H groups in total. The van der Waals surface area contributed by atoms with Crippen molar-refractivity contribution in [1.82, 2.24) is 9.78 Å². The molecule has 1 amide bonds. The number of anilines is 2. The molecule has 2 atom stereocenters. The van der Waals surface area contributed by atoms with Crippen molar-refractivity contribution in [2.75, 3.05) is 10.6 Å². The van der Waals surface area contributed by atoms with E-state index in [2.05, 4.69) is 15.7 Å². The Morgan fingerprint density at radius 3 is 2.73 bits per heavy atom. The maximum atomic E-state index is 13.9. The standard InChI is InChI=1S/C27H22F3N5O5/c28-27(29,30)24-13-22(23-5-2-8-39-23)33-25-21(14-31-34(24)25)26(36)32-17-10-18(35(37)38)12-20(11-17)40-19-7-6-15-3-1-4-16(15)9-19/h2,5-12,14,22,24,33H,1,3-4,13H2,(H,32,36)/t22-,24+/m0/s1. The molecule has 1 aliphatic heterocycles. The van der Waals surface area contributed by atoms with Gasteiger partial charge in [-0.25, -0.2) is 4.68 Å². The van der Waals surface area contributed by atoms with Crippen molar-refractivity contribution in [3.63, 3.8) is 0 Å². The number of hydrogen-bond donors (Lipinski definition) is 2. The lowest BCUT2D eigenvalue weighted by Gasteiger charge is -2.32.